The van der Waals surface area contributed by atoms with E-state index in [1.165, 1.54) is 30.6 Å². The Morgan fingerprint density at radius 3 is 2.57 bits per heavy atom. The summed E-state index contributed by atoms with van der Waals surface area (Å²) in [5.41, 5.74) is 0.862. The Kier molecular flexibility index (Phi) is 7.30. The Morgan fingerprint density at radius 1 is 1.21 bits per heavy atom. The maximum atomic E-state index is 12.0. The molecule has 10 heteroatoms. The fourth-order valence-electron chi connectivity index (χ4n) is 2.37. The highest BCUT2D eigenvalue weighted by molar-refractivity contribution is 8.00. The van der Waals surface area contributed by atoms with E-state index in [-0.39, 0.29) is 11.2 Å². The molecule has 0 saturated carbocycles. The van der Waals surface area contributed by atoms with E-state index >= 15 is 0 Å². The second-order valence-corrected chi connectivity index (χ2v) is 8.12. The molecule has 1 atom stereocenters. The molecular weight excluding hydrogens is 418 g/mol. The Labute approximate surface area is 176 Å². The monoisotopic (exact) mass is 435 g/mol. The number of hydrogen-bond acceptors (Lipinski definition) is 8. The molecule has 2 aromatic heterocycles. The van der Waals surface area contributed by atoms with Gasteiger partial charge < -0.3 is 4.74 Å². The maximum Gasteiger partial charge on any atom is 0.319 e. The molecule has 0 radical (unpaired) electrons. The van der Waals surface area contributed by atoms with Crippen molar-refractivity contribution < 1.29 is 9.53 Å². The van der Waals surface area contributed by atoms with Gasteiger partial charge in [0.25, 0.3) is 0 Å². The number of carbonyl (C=O) groups is 1. The summed E-state index contributed by atoms with van der Waals surface area (Å²) in [6.45, 7) is 1.93. The normalized spacial score (nSPS) is 12.0. The third kappa shape index (κ3) is 5.03. The van der Waals surface area contributed by atoms with Crippen LogP contribution < -0.4 is 0 Å². The molecule has 146 valence electrons. The highest BCUT2D eigenvalue weighted by Crippen LogP contribution is 2.30. The summed E-state index contributed by atoms with van der Waals surface area (Å²) in [6.07, 6.45) is 4.01. The summed E-state index contributed by atoms with van der Waals surface area (Å²) in [5, 5.41) is 10.2. The van der Waals surface area contributed by atoms with Gasteiger partial charge in [0.05, 0.1) is 12.9 Å². The largest absolute Gasteiger partial charge is 0.468 e. The Morgan fingerprint density at radius 2 is 1.93 bits per heavy atom. The highest BCUT2D eigenvalue weighted by Gasteiger charge is 2.24. The van der Waals surface area contributed by atoms with Gasteiger partial charge in [-0.2, -0.15) is 0 Å². The maximum absolute atomic E-state index is 12.0. The van der Waals surface area contributed by atoms with Crippen LogP contribution in [0.5, 0.6) is 0 Å². The molecule has 0 spiro atoms. The second-order valence-electron chi connectivity index (χ2n) is 5.57. The van der Waals surface area contributed by atoms with Crippen molar-refractivity contribution >= 4 is 41.1 Å². The van der Waals surface area contributed by atoms with Gasteiger partial charge in [-0.3, -0.25) is 9.36 Å². The van der Waals surface area contributed by atoms with E-state index in [0.717, 1.165) is 11.5 Å². The van der Waals surface area contributed by atoms with Crippen molar-refractivity contribution in [1.82, 2.24) is 24.7 Å². The quantitative estimate of drug-likeness (QED) is 0.297. The molecule has 0 saturated heterocycles. The molecule has 0 aliphatic heterocycles. The summed E-state index contributed by atoms with van der Waals surface area (Å²) in [5.74, 6) is 0.962. The number of aromatic nitrogens is 5. The molecule has 0 bridgehead atoms. The molecule has 0 fully saturated rings. The van der Waals surface area contributed by atoms with Crippen LogP contribution in [0.3, 0.4) is 0 Å². The average Bonchev–Trinajstić information content (AvgIpc) is 3.13. The molecule has 7 nitrogen and oxygen atoms in total. The first-order valence-corrected chi connectivity index (χ1v) is 10.7. The minimum Gasteiger partial charge on any atom is -0.468 e. The molecule has 0 N–H and O–H groups in total. The fraction of sp³-hybridized carbons (Fsp3) is 0.278. The smallest absolute Gasteiger partial charge is 0.319 e. The van der Waals surface area contributed by atoms with Gasteiger partial charge in [0, 0.05) is 23.1 Å². The van der Waals surface area contributed by atoms with Crippen LogP contribution in [0.4, 0.5) is 0 Å². The first-order valence-electron chi connectivity index (χ1n) is 8.47. The molecule has 0 unspecified atom stereocenters. The van der Waals surface area contributed by atoms with E-state index in [2.05, 4.69) is 20.2 Å². The van der Waals surface area contributed by atoms with Crippen molar-refractivity contribution in [2.45, 2.75) is 34.7 Å². The summed E-state index contributed by atoms with van der Waals surface area (Å²) >= 11 is 8.83. The van der Waals surface area contributed by atoms with Gasteiger partial charge in [0.15, 0.2) is 10.3 Å². The average molecular weight is 436 g/mol. The summed E-state index contributed by atoms with van der Waals surface area (Å²) in [6, 6.07) is 9.16. The topological polar surface area (TPSA) is 82.8 Å². The van der Waals surface area contributed by atoms with Gasteiger partial charge in [0.1, 0.15) is 11.1 Å². The van der Waals surface area contributed by atoms with E-state index in [1.807, 2.05) is 23.6 Å². The van der Waals surface area contributed by atoms with Crippen molar-refractivity contribution in [3.8, 4) is 5.69 Å². The fourth-order valence-corrected chi connectivity index (χ4v) is 4.23. The van der Waals surface area contributed by atoms with E-state index < -0.39 is 0 Å². The number of ether oxygens (including phenoxy) is 1. The predicted molar refractivity (Wildman–Crippen MR) is 110 cm³/mol. The van der Waals surface area contributed by atoms with Crippen LogP contribution >= 0.6 is 35.1 Å². The van der Waals surface area contributed by atoms with Gasteiger partial charge in [-0.15, -0.1) is 10.2 Å². The first kappa shape index (κ1) is 20.6. The number of carbonyl (C=O) groups excluding carboxylic acids is 1. The van der Waals surface area contributed by atoms with Crippen molar-refractivity contribution in [3.63, 3.8) is 0 Å². The number of hydrogen-bond donors (Lipinski definition) is 0. The molecule has 0 amide bonds. The van der Waals surface area contributed by atoms with E-state index in [0.29, 0.717) is 27.5 Å². The molecule has 2 heterocycles. The first-order chi connectivity index (χ1) is 13.6. The van der Waals surface area contributed by atoms with Gasteiger partial charge in [-0.05, 0) is 36.8 Å². The van der Waals surface area contributed by atoms with Gasteiger partial charge >= 0.3 is 5.97 Å². The van der Waals surface area contributed by atoms with Crippen LogP contribution in [0, 0.1) is 0 Å². The predicted octanol–water partition coefficient (Wildman–Crippen LogP) is 4.05. The molecule has 0 aliphatic rings. The molecule has 1 aromatic carbocycles. The van der Waals surface area contributed by atoms with Crippen LogP contribution in [0.1, 0.15) is 19.2 Å². The van der Waals surface area contributed by atoms with Crippen LogP contribution in [0.15, 0.2) is 53.0 Å². The lowest BCUT2D eigenvalue weighted by Crippen LogP contribution is -2.18. The molecule has 0 aliphatic carbocycles. The Balaban J connectivity index is 1.92. The minimum absolute atomic E-state index is 0.285. The second kappa shape index (κ2) is 9.90. The lowest BCUT2D eigenvalue weighted by Gasteiger charge is -2.14. The number of rotatable bonds is 8. The van der Waals surface area contributed by atoms with Gasteiger partial charge in [0.2, 0.25) is 0 Å². The third-order valence-electron chi connectivity index (χ3n) is 3.74. The van der Waals surface area contributed by atoms with Gasteiger partial charge in [-0.1, -0.05) is 42.0 Å². The number of benzene rings is 1. The van der Waals surface area contributed by atoms with Crippen LogP contribution in [0.2, 0.25) is 5.02 Å². The molecular formula is C18H18ClN5O2S2. The lowest BCUT2D eigenvalue weighted by atomic mass is 10.3. The lowest BCUT2D eigenvalue weighted by molar-refractivity contribution is -0.140. The Hall–Kier alpha value is -2.10. The summed E-state index contributed by atoms with van der Waals surface area (Å²) < 4.78 is 6.81. The number of thioether (sulfide) groups is 2. The van der Waals surface area contributed by atoms with Crippen LogP contribution in [-0.2, 0) is 15.3 Å². The molecule has 3 rings (SSSR count). The summed E-state index contributed by atoms with van der Waals surface area (Å²) in [4.78, 5) is 20.5. The molecule has 3 aromatic rings. The standard InChI is InChI=1S/C18H18ClN5O2S2/c1-3-14(16(25)26-2)28-18-23-22-15(11-27-17-20-9-4-10-21-17)24(18)13-7-5-12(19)6-8-13/h4-10,14H,3,11H2,1-2H3/t14-/m1/s1. The zero-order valence-electron chi connectivity index (χ0n) is 15.3. The van der Waals surface area contributed by atoms with E-state index in [4.69, 9.17) is 16.3 Å². The molecule has 28 heavy (non-hydrogen) atoms. The number of halogens is 1. The van der Waals surface area contributed by atoms with Crippen LogP contribution in [0.25, 0.3) is 5.69 Å². The van der Waals surface area contributed by atoms with E-state index in [9.17, 15) is 4.79 Å². The van der Waals surface area contributed by atoms with Crippen molar-refractivity contribution in [1.29, 1.82) is 0 Å². The minimum atomic E-state index is -0.363. The summed E-state index contributed by atoms with van der Waals surface area (Å²) in [7, 11) is 1.39. The number of esters is 1. The number of nitrogens with zero attached hydrogens (tertiary/aromatic N) is 5. The van der Waals surface area contributed by atoms with Crippen molar-refractivity contribution in [2.75, 3.05) is 7.11 Å². The van der Waals surface area contributed by atoms with Crippen molar-refractivity contribution in [3.05, 3.63) is 53.6 Å². The SMILES string of the molecule is CC[C@@H](Sc1nnc(CSc2ncccn2)n1-c1ccc(Cl)cc1)C(=O)OC. The highest BCUT2D eigenvalue weighted by atomic mass is 35.5. The zero-order valence-corrected chi connectivity index (χ0v) is 17.7. The third-order valence-corrected chi connectivity index (χ3v) is 6.15. The van der Waals surface area contributed by atoms with Gasteiger partial charge in [-0.25, -0.2) is 9.97 Å². The van der Waals surface area contributed by atoms with Crippen LogP contribution in [-0.4, -0.2) is 43.1 Å². The zero-order chi connectivity index (χ0) is 19.9. The van der Waals surface area contributed by atoms with E-state index in [1.54, 1.807) is 30.6 Å². The Bertz CT molecular complexity index is 921. The number of methoxy groups -OCH3 is 1. The van der Waals surface area contributed by atoms with Crippen molar-refractivity contribution in [2.24, 2.45) is 0 Å².